The van der Waals surface area contributed by atoms with Crippen molar-refractivity contribution in [3.63, 3.8) is 0 Å². The number of aryl methyl sites for hydroxylation is 2. The standard InChI is InChI=1S/C22H23N5O3S/c1-14-19-16(12-17(18-7-5-11-31-18)25-20(19)27(2)26-14)21(28)24-13-15-6-4-8-23-22(15)30-10-9-29-3/h4-8,11-12H,9-10,13H2,1-3H3,(H,24,28). The normalized spacial score (nSPS) is 11.1. The molecule has 1 amide bonds. The van der Waals surface area contributed by atoms with E-state index in [2.05, 4.69) is 15.4 Å². The van der Waals surface area contributed by atoms with Crippen LogP contribution >= 0.6 is 11.3 Å². The van der Waals surface area contributed by atoms with Crippen molar-refractivity contribution >= 4 is 28.3 Å². The van der Waals surface area contributed by atoms with Crippen LogP contribution in [0.15, 0.2) is 41.9 Å². The van der Waals surface area contributed by atoms with Gasteiger partial charge in [-0.15, -0.1) is 11.3 Å². The lowest BCUT2D eigenvalue weighted by molar-refractivity contribution is 0.0951. The van der Waals surface area contributed by atoms with Crippen molar-refractivity contribution in [2.75, 3.05) is 20.3 Å². The minimum absolute atomic E-state index is 0.201. The van der Waals surface area contributed by atoms with Gasteiger partial charge in [0, 0.05) is 32.5 Å². The predicted octanol–water partition coefficient (Wildman–Crippen LogP) is 3.36. The van der Waals surface area contributed by atoms with Gasteiger partial charge in [-0.25, -0.2) is 9.97 Å². The molecular weight excluding hydrogens is 414 g/mol. The molecule has 4 aromatic rings. The summed E-state index contributed by atoms with van der Waals surface area (Å²) in [4.78, 5) is 23.2. The van der Waals surface area contributed by atoms with E-state index >= 15 is 0 Å². The van der Waals surface area contributed by atoms with Gasteiger partial charge in [0.2, 0.25) is 5.88 Å². The monoisotopic (exact) mass is 437 g/mol. The van der Waals surface area contributed by atoms with Crippen LogP contribution in [0.4, 0.5) is 0 Å². The van der Waals surface area contributed by atoms with E-state index < -0.39 is 0 Å². The second-order valence-corrected chi connectivity index (χ2v) is 7.88. The molecule has 0 atom stereocenters. The van der Waals surface area contributed by atoms with Gasteiger partial charge in [0.05, 0.1) is 33.8 Å². The molecule has 0 radical (unpaired) electrons. The first-order chi connectivity index (χ1) is 15.1. The van der Waals surface area contributed by atoms with Crippen LogP contribution in [0.1, 0.15) is 21.6 Å². The first-order valence-electron chi connectivity index (χ1n) is 9.80. The lowest BCUT2D eigenvalue weighted by Crippen LogP contribution is -2.24. The molecule has 1 N–H and O–H groups in total. The first kappa shape index (κ1) is 21.0. The highest BCUT2D eigenvalue weighted by molar-refractivity contribution is 7.13. The Bertz CT molecular complexity index is 1200. The van der Waals surface area contributed by atoms with Gasteiger partial charge in [-0.05, 0) is 30.5 Å². The van der Waals surface area contributed by atoms with Gasteiger partial charge in [-0.3, -0.25) is 9.48 Å². The number of ether oxygens (including phenoxy) is 2. The third-order valence-corrected chi connectivity index (χ3v) is 5.69. The van der Waals surface area contributed by atoms with E-state index in [1.54, 1.807) is 29.3 Å². The largest absolute Gasteiger partial charge is 0.475 e. The summed E-state index contributed by atoms with van der Waals surface area (Å²) in [5.74, 6) is 0.282. The number of fused-ring (bicyclic) bond motifs is 1. The summed E-state index contributed by atoms with van der Waals surface area (Å²) in [6.45, 7) is 3.02. The highest BCUT2D eigenvalue weighted by atomic mass is 32.1. The van der Waals surface area contributed by atoms with Crippen molar-refractivity contribution in [3.05, 3.63) is 58.7 Å². The van der Waals surface area contributed by atoms with Gasteiger partial charge < -0.3 is 14.8 Å². The van der Waals surface area contributed by atoms with Gasteiger partial charge >= 0.3 is 0 Å². The van der Waals surface area contributed by atoms with Crippen LogP contribution in [0.25, 0.3) is 21.6 Å². The van der Waals surface area contributed by atoms with Crippen LogP contribution in [-0.2, 0) is 18.3 Å². The Morgan fingerprint density at radius 1 is 1.26 bits per heavy atom. The smallest absolute Gasteiger partial charge is 0.252 e. The fourth-order valence-electron chi connectivity index (χ4n) is 3.36. The Morgan fingerprint density at radius 3 is 2.90 bits per heavy atom. The van der Waals surface area contributed by atoms with E-state index in [4.69, 9.17) is 14.5 Å². The summed E-state index contributed by atoms with van der Waals surface area (Å²) < 4.78 is 12.4. The molecule has 0 aliphatic heterocycles. The summed E-state index contributed by atoms with van der Waals surface area (Å²) >= 11 is 1.58. The third kappa shape index (κ3) is 4.42. The number of hydrogen-bond acceptors (Lipinski definition) is 7. The molecule has 0 saturated carbocycles. The van der Waals surface area contributed by atoms with E-state index in [0.29, 0.717) is 30.3 Å². The molecule has 4 aromatic heterocycles. The molecule has 31 heavy (non-hydrogen) atoms. The number of nitrogens with zero attached hydrogens (tertiary/aromatic N) is 4. The van der Waals surface area contributed by atoms with Crippen LogP contribution in [0.2, 0.25) is 0 Å². The molecule has 0 aliphatic carbocycles. The molecule has 4 heterocycles. The molecule has 160 valence electrons. The molecule has 0 unspecified atom stereocenters. The van der Waals surface area contributed by atoms with Crippen LogP contribution in [0, 0.1) is 6.92 Å². The van der Waals surface area contributed by atoms with Crippen molar-refractivity contribution < 1.29 is 14.3 Å². The average Bonchev–Trinajstić information content (AvgIpc) is 3.41. The number of methoxy groups -OCH3 is 1. The number of pyridine rings is 2. The van der Waals surface area contributed by atoms with Crippen LogP contribution in [0.5, 0.6) is 5.88 Å². The van der Waals surface area contributed by atoms with Gasteiger partial charge in [0.1, 0.15) is 6.61 Å². The second-order valence-electron chi connectivity index (χ2n) is 6.93. The lowest BCUT2D eigenvalue weighted by atomic mass is 10.1. The number of hydrogen-bond donors (Lipinski definition) is 1. The summed E-state index contributed by atoms with van der Waals surface area (Å²) in [5.41, 5.74) is 3.53. The number of rotatable bonds is 8. The number of amides is 1. The number of aromatic nitrogens is 4. The maximum Gasteiger partial charge on any atom is 0.252 e. The van der Waals surface area contributed by atoms with E-state index in [9.17, 15) is 4.79 Å². The first-order valence-corrected chi connectivity index (χ1v) is 10.7. The highest BCUT2D eigenvalue weighted by Gasteiger charge is 2.20. The summed E-state index contributed by atoms with van der Waals surface area (Å²) in [6, 6.07) is 9.48. The lowest BCUT2D eigenvalue weighted by Gasteiger charge is -2.12. The number of nitrogens with one attached hydrogen (secondary N) is 1. The minimum atomic E-state index is -0.201. The van der Waals surface area contributed by atoms with Gasteiger partial charge in [-0.1, -0.05) is 12.1 Å². The van der Waals surface area contributed by atoms with Crippen molar-refractivity contribution in [2.45, 2.75) is 13.5 Å². The molecule has 0 aromatic carbocycles. The Morgan fingerprint density at radius 2 is 2.13 bits per heavy atom. The Balaban J connectivity index is 1.63. The molecular formula is C22H23N5O3S. The molecule has 0 spiro atoms. The van der Waals surface area contributed by atoms with Crippen molar-refractivity contribution in [2.24, 2.45) is 7.05 Å². The van der Waals surface area contributed by atoms with Crippen molar-refractivity contribution in [1.82, 2.24) is 25.1 Å². The summed E-state index contributed by atoms with van der Waals surface area (Å²) in [5, 5.41) is 10.2. The SMILES string of the molecule is COCCOc1ncccc1CNC(=O)c1cc(-c2cccs2)nc2c1c(C)nn2C. The molecule has 0 aliphatic rings. The van der Waals surface area contributed by atoms with Crippen LogP contribution in [-0.4, -0.2) is 46.0 Å². The average molecular weight is 438 g/mol. The molecule has 0 bridgehead atoms. The van der Waals surface area contributed by atoms with Gasteiger partial charge in [0.15, 0.2) is 5.65 Å². The van der Waals surface area contributed by atoms with Crippen LogP contribution < -0.4 is 10.1 Å². The predicted molar refractivity (Wildman–Crippen MR) is 119 cm³/mol. The number of thiophene rings is 1. The highest BCUT2D eigenvalue weighted by Crippen LogP contribution is 2.29. The number of carbonyl (C=O) groups is 1. The third-order valence-electron chi connectivity index (χ3n) is 4.80. The zero-order chi connectivity index (χ0) is 21.8. The van der Waals surface area contributed by atoms with E-state index in [-0.39, 0.29) is 12.5 Å². The van der Waals surface area contributed by atoms with E-state index in [1.165, 1.54) is 0 Å². The van der Waals surface area contributed by atoms with Crippen molar-refractivity contribution in [1.29, 1.82) is 0 Å². The molecule has 4 rings (SSSR count). The Hall–Kier alpha value is -3.30. The van der Waals surface area contributed by atoms with E-state index in [0.717, 1.165) is 27.2 Å². The minimum Gasteiger partial charge on any atom is -0.475 e. The van der Waals surface area contributed by atoms with Crippen LogP contribution in [0.3, 0.4) is 0 Å². The zero-order valence-corrected chi connectivity index (χ0v) is 18.4. The molecule has 9 heteroatoms. The Kier molecular flexibility index (Phi) is 6.24. The maximum atomic E-state index is 13.2. The van der Waals surface area contributed by atoms with Crippen molar-refractivity contribution in [3.8, 4) is 16.5 Å². The zero-order valence-electron chi connectivity index (χ0n) is 17.6. The van der Waals surface area contributed by atoms with Gasteiger partial charge in [-0.2, -0.15) is 5.10 Å². The quantitative estimate of drug-likeness (QED) is 0.425. The number of carbonyl (C=O) groups excluding carboxylic acids is 1. The summed E-state index contributed by atoms with van der Waals surface area (Å²) in [7, 11) is 3.45. The fourth-order valence-corrected chi connectivity index (χ4v) is 4.04. The second kappa shape index (κ2) is 9.23. The summed E-state index contributed by atoms with van der Waals surface area (Å²) in [6.07, 6.45) is 1.66. The molecule has 0 fully saturated rings. The Labute approximate surface area is 183 Å². The molecule has 8 nitrogen and oxygen atoms in total. The fraction of sp³-hybridized carbons (Fsp3) is 0.273. The van der Waals surface area contributed by atoms with Gasteiger partial charge in [0.25, 0.3) is 5.91 Å². The maximum absolute atomic E-state index is 13.2. The van der Waals surface area contributed by atoms with E-state index in [1.807, 2.05) is 49.7 Å². The topological polar surface area (TPSA) is 91.2 Å². The molecule has 0 saturated heterocycles.